The highest BCUT2D eigenvalue weighted by atomic mass is 16.2. The average molecular weight is 327 g/mol. The van der Waals surface area contributed by atoms with Crippen LogP contribution in [0.4, 0.5) is 0 Å². The smallest absolute Gasteiger partial charge is 0.236 e. The monoisotopic (exact) mass is 327 g/mol. The standard InChI is InChI=1S/C19H25N3O2/c1-18(2,3)22-17(24)19(9-10-19)16(23)20-11-8-13-12-21-15-7-5-4-6-14(13)15/h4-7,12,21H,8-11H2,1-3H3,(H,20,23)(H,22,24). The maximum Gasteiger partial charge on any atom is 0.236 e. The van der Waals surface area contributed by atoms with Crippen LogP contribution in [0.25, 0.3) is 10.9 Å². The lowest BCUT2D eigenvalue weighted by Crippen LogP contribution is -2.49. The van der Waals surface area contributed by atoms with E-state index in [1.807, 2.05) is 45.2 Å². The third-order valence-electron chi connectivity index (χ3n) is 4.46. The Kier molecular flexibility index (Phi) is 4.11. The Labute approximate surface area is 142 Å². The van der Waals surface area contributed by atoms with Crippen LogP contribution in [0.3, 0.4) is 0 Å². The Morgan fingerprint density at radius 1 is 1.17 bits per heavy atom. The molecule has 5 nitrogen and oxygen atoms in total. The zero-order chi connectivity index (χ0) is 17.4. The van der Waals surface area contributed by atoms with Crippen LogP contribution in [0, 0.1) is 5.41 Å². The Bertz CT molecular complexity index is 766. The molecule has 24 heavy (non-hydrogen) atoms. The van der Waals surface area contributed by atoms with Gasteiger partial charge < -0.3 is 15.6 Å². The van der Waals surface area contributed by atoms with Crippen molar-refractivity contribution in [3.8, 4) is 0 Å². The van der Waals surface area contributed by atoms with Gasteiger partial charge in [-0.2, -0.15) is 0 Å². The van der Waals surface area contributed by atoms with E-state index in [2.05, 4.69) is 21.7 Å². The van der Waals surface area contributed by atoms with Crippen LogP contribution in [0.5, 0.6) is 0 Å². The van der Waals surface area contributed by atoms with E-state index in [1.54, 1.807) is 0 Å². The summed E-state index contributed by atoms with van der Waals surface area (Å²) in [6.45, 7) is 6.31. The summed E-state index contributed by atoms with van der Waals surface area (Å²) in [6.07, 6.45) is 3.99. The van der Waals surface area contributed by atoms with Crippen LogP contribution in [0.2, 0.25) is 0 Å². The van der Waals surface area contributed by atoms with Crippen LogP contribution in [0.1, 0.15) is 39.2 Å². The van der Waals surface area contributed by atoms with E-state index in [-0.39, 0.29) is 17.4 Å². The van der Waals surface area contributed by atoms with Gasteiger partial charge in [0.05, 0.1) is 0 Å². The molecular weight excluding hydrogens is 302 g/mol. The summed E-state index contributed by atoms with van der Waals surface area (Å²) >= 11 is 0. The van der Waals surface area contributed by atoms with Gasteiger partial charge in [0.2, 0.25) is 11.8 Å². The van der Waals surface area contributed by atoms with Gasteiger partial charge in [-0.05, 0) is 51.7 Å². The van der Waals surface area contributed by atoms with E-state index in [0.29, 0.717) is 19.4 Å². The second kappa shape index (κ2) is 5.96. The third kappa shape index (κ3) is 3.30. The first-order chi connectivity index (χ1) is 11.3. The number of aromatic nitrogens is 1. The predicted molar refractivity (Wildman–Crippen MR) is 94.6 cm³/mol. The van der Waals surface area contributed by atoms with Gasteiger partial charge in [0, 0.05) is 29.2 Å². The number of H-pyrrole nitrogens is 1. The fraction of sp³-hybridized carbons (Fsp3) is 0.474. The van der Waals surface area contributed by atoms with Gasteiger partial charge in [-0.3, -0.25) is 9.59 Å². The summed E-state index contributed by atoms with van der Waals surface area (Å²) < 4.78 is 0. The first kappa shape index (κ1) is 16.6. The number of fused-ring (bicyclic) bond motifs is 1. The maximum absolute atomic E-state index is 12.5. The molecule has 0 bridgehead atoms. The maximum atomic E-state index is 12.5. The van der Waals surface area contributed by atoms with Gasteiger partial charge in [0.1, 0.15) is 5.41 Å². The van der Waals surface area contributed by atoms with Gasteiger partial charge >= 0.3 is 0 Å². The van der Waals surface area contributed by atoms with Gasteiger partial charge in [-0.25, -0.2) is 0 Å². The van der Waals surface area contributed by atoms with Crippen molar-refractivity contribution in [1.82, 2.24) is 15.6 Å². The van der Waals surface area contributed by atoms with Crippen molar-refractivity contribution in [1.29, 1.82) is 0 Å². The molecule has 1 heterocycles. The normalized spacial score (nSPS) is 16.0. The number of amides is 2. The van der Waals surface area contributed by atoms with Gasteiger partial charge in [0.25, 0.3) is 0 Å². The minimum Gasteiger partial charge on any atom is -0.361 e. The summed E-state index contributed by atoms with van der Waals surface area (Å²) in [5, 5.41) is 7.05. The molecule has 2 amide bonds. The summed E-state index contributed by atoms with van der Waals surface area (Å²) in [5.41, 5.74) is 1.10. The Morgan fingerprint density at radius 2 is 1.88 bits per heavy atom. The fourth-order valence-electron chi connectivity index (χ4n) is 2.96. The molecule has 0 unspecified atom stereocenters. The second-order valence-corrected chi connectivity index (χ2v) is 7.65. The van der Waals surface area contributed by atoms with Crippen molar-refractivity contribution < 1.29 is 9.59 Å². The summed E-state index contributed by atoms with van der Waals surface area (Å²) in [7, 11) is 0. The molecule has 3 N–H and O–H groups in total. The first-order valence-corrected chi connectivity index (χ1v) is 8.48. The molecule has 0 spiro atoms. The average Bonchev–Trinajstić information content (AvgIpc) is 3.23. The number of benzene rings is 1. The zero-order valence-electron chi connectivity index (χ0n) is 14.5. The SMILES string of the molecule is CC(C)(C)NC(=O)C1(C(=O)NCCc2c[nH]c3ccccc23)CC1. The zero-order valence-corrected chi connectivity index (χ0v) is 14.5. The van der Waals surface area contributed by atoms with Crippen molar-refractivity contribution in [3.05, 3.63) is 36.0 Å². The molecule has 3 rings (SSSR count). The topological polar surface area (TPSA) is 74.0 Å². The molecule has 0 radical (unpaired) electrons. The lowest BCUT2D eigenvalue weighted by Gasteiger charge is -2.24. The molecule has 1 aromatic carbocycles. The van der Waals surface area contributed by atoms with E-state index in [0.717, 1.165) is 11.9 Å². The molecule has 128 valence electrons. The summed E-state index contributed by atoms with van der Waals surface area (Å²) in [4.78, 5) is 28.1. The van der Waals surface area contributed by atoms with Crippen molar-refractivity contribution in [2.45, 2.75) is 45.6 Å². The number of carbonyl (C=O) groups excluding carboxylic acids is 2. The minimum atomic E-state index is -0.854. The van der Waals surface area contributed by atoms with Crippen molar-refractivity contribution in [3.63, 3.8) is 0 Å². The number of rotatable bonds is 5. The van der Waals surface area contributed by atoms with Crippen LogP contribution in [-0.2, 0) is 16.0 Å². The number of hydrogen-bond acceptors (Lipinski definition) is 2. The fourth-order valence-corrected chi connectivity index (χ4v) is 2.96. The molecule has 2 aromatic rings. The van der Waals surface area contributed by atoms with Crippen molar-refractivity contribution in [2.75, 3.05) is 6.54 Å². The molecule has 0 saturated heterocycles. The molecule has 1 aliphatic rings. The number of carbonyl (C=O) groups is 2. The molecule has 0 atom stereocenters. The Balaban J connectivity index is 1.57. The highest BCUT2D eigenvalue weighted by Crippen LogP contribution is 2.46. The lowest BCUT2D eigenvalue weighted by molar-refractivity contribution is -0.138. The van der Waals surface area contributed by atoms with E-state index in [1.165, 1.54) is 10.9 Å². The van der Waals surface area contributed by atoms with E-state index >= 15 is 0 Å². The van der Waals surface area contributed by atoms with Crippen molar-refractivity contribution in [2.24, 2.45) is 5.41 Å². The number of nitrogens with one attached hydrogen (secondary N) is 3. The third-order valence-corrected chi connectivity index (χ3v) is 4.46. The summed E-state index contributed by atoms with van der Waals surface area (Å²) in [5.74, 6) is -0.302. The quantitative estimate of drug-likeness (QED) is 0.738. The van der Waals surface area contributed by atoms with Gasteiger partial charge in [-0.15, -0.1) is 0 Å². The molecule has 5 heteroatoms. The Hall–Kier alpha value is -2.30. The van der Waals surface area contributed by atoms with Gasteiger partial charge in [0.15, 0.2) is 0 Å². The van der Waals surface area contributed by atoms with Crippen LogP contribution >= 0.6 is 0 Å². The van der Waals surface area contributed by atoms with Crippen LogP contribution in [0.15, 0.2) is 30.5 Å². The number of aromatic amines is 1. The first-order valence-electron chi connectivity index (χ1n) is 8.48. The minimum absolute atomic E-state index is 0.149. The highest BCUT2D eigenvalue weighted by Gasteiger charge is 2.56. The molecule has 0 aliphatic heterocycles. The highest BCUT2D eigenvalue weighted by molar-refractivity contribution is 6.08. The largest absolute Gasteiger partial charge is 0.361 e. The van der Waals surface area contributed by atoms with Crippen LogP contribution < -0.4 is 10.6 Å². The lowest BCUT2D eigenvalue weighted by atomic mass is 10.0. The van der Waals surface area contributed by atoms with Crippen LogP contribution in [-0.4, -0.2) is 28.9 Å². The number of hydrogen-bond donors (Lipinski definition) is 3. The summed E-state index contributed by atoms with van der Waals surface area (Å²) in [6, 6.07) is 8.11. The van der Waals surface area contributed by atoms with Crippen molar-refractivity contribution >= 4 is 22.7 Å². The van der Waals surface area contributed by atoms with E-state index in [9.17, 15) is 9.59 Å². The van der Waals surface area contributed by atoms with E-state index in [4.69, 9.17) is 0 Å². The predicted octanol–water partition coefficient (Wildman–Crippen LogP) is 2.52. The molecule has 1 fully saturated rings. The van der Waals surface area contributed by atoms with Gasteiger partial charge in [-0.1, -0.05) is 18.2 Å². The second-order valence-electron chi connectivity index (χ2n) is 7.65. The molecule has 1 saturated carbocycles. The number of para-hydroxylation sites is 1. The van der Waals surface area contributed by atoms with E-state index < -0.39 is 5.41 Å². The Morgan fingerprint density at radius 3 is 2.54 bits per heavy atom. The molecule has 1 aliphatic carbocycles. The molecular formula is C19H25N3O2. The molecule has 1 aromatic heterocycles.